The van der Waals surface area contributed by atoms with Crippen LogP contribution in [-0.4, -0.2) is 28.2 Å². The number of primary sulfonamides is 1. The van der Waals surface area contributed by atoms with Crippen molar-refractivity contribution in [3.63, 3.8) is 0 Å². The first-order valence-electron chi connectivity index (χ1n) is 5.02. The Morgan fingerprint density at radius 2 is 2.06 bits per heavy atom. The van der Waals surface area contributed by atoms with Crippen molar-refractivity contribution in [2.45, 2.75) is 17.9 Å². The molecule has 0 spiro atoms. The molecule has 7 heteroatoms. The topological polar surface area (TPSA) is 107 Å². The third kappa shape index (κ3) is 4.22. The molecule has 0 aliphatic rings. The average molecular weight is 259 g/mol. The number of nitrogens with two attached hydrogens (primary N) is 2. The predicted molar refractivity (Wildman–Crippen MR) is 67.2 cm³/mol. The summed E-state index contributed by atoms with van der Waals surface area (Å²) in [5.74, 6) is 0. The Kier molecular flexibility index (Phi) is 4.33. The van der Waals surface area contributed by atoms with E-state index in [1.807, 2.05) is 6.92 Å². The molecule has 96 valence electrons. The van der Waals surface area contributed by atoms with Crippen molar-refractivity contribution < 1.29 is 13.2 Å². The molecule has 0 amide bonds. The maximum Gasteiger partial charge on any atom is 0.238 e. The minimum absolute atomic E-state index is 0.00961. The molecule has 0 bridgehead atoms. The summed E-state index contributed by atoms with van der Waals surface area (Å²) in [4.78, 5) is -0.00961. The van der Waals surface area contributed by atoms with Crippen LogP contribution in [0, 0.1) is 0 Å². The van der Waals surface area contributed by atoms with E-state index in [2.05, 4.69) is 5.32 Å². The van der Waals surface area contributed by atoms with Crippen LogP contribution < -0.4 is 16.2 Å². The number of rotatable bonds is 5. The number of hydrogen-bond donors (Lipinski definition) is 3. The van der Waals surface area contributed by atoms with Crippen molar-refractivity contribution in [1.82, 2.24) is 0 Å². The number of ether oxygens (including phenoxy) is 1. The number of sulfonamides is 1. The molecular weight excluding hydrogens is 242 g/mol. The standard InChI is InChI=1S/C10H17N3O3S/c1-7(6-16-2)13-9-3-8(11)4-10(5-9)17(12,14)15/h3-5,7,13H,6,11H2,1-2H3,(H2,12,14,15). The van der Waals surface area contributed by atoms with E-state index in [1.54, 1.807) is 13.2 Å². The Labute approximate surface area is 101 Å². The SMILES string of the molecule is COCC(C)Nc1cc(N)cc(S(N)(=O)=O)c1. The van der Waals surface area contributed by atoms with E-state index in [9.17, 15) is 8.42 Å². The zero-order valence-electron chi connectivity index (χ0n) is 9.80. The largest absolute Gasteiger partial charge is 0.399 e. The van der Waals surface area contributed by atoms with E-state index in [0.29, 0.717) is 18.0 Å². The van der Waals surface area contributed by atoms with Gasteiger partial charge in [-0.25, -0.2) is 13.6 Å². The lowest BCUT2D eigenvalue weighted by atomic mass is 10.2. The van der Waals surface area contributed by atoms with Crippen LogP contribution in [0.1, 0.15) is 6.92 Å². The molecule has 1 rings (SSSR count). The summed E-state index contributed by atoms with van der Waals surface area (Å²) >= 11 is 0. The number of anilines is 2. The van der Waals surface area contributed by atoms with E-state index in [0.717, 1.165) is 0 Å². The molecule has 0 saturated heterocycles. The Hall–Kier alpha value is -1.31. The van der Waals surface area contributed by atoms with Gasteiger partial charge in [-0.05, 0) is 25.1 Å². The molecule has 0 aromatic heterocycles. The molecule has 1 aromatic rings. The third-order valence-corrected chi connectivity index (χ3v) is 2.98. The van der Waals surface area contributed by atoms with Crippen LogP contribution in [-0.2, 0) is 14.8 Å². The fourth-order valence-corrected chi connectivity index (χ4v) is 2.04. The fraction of sp³-hybridized carbons (Fsp3) is 0.400. The molecule has 6 nitrogen and oxygen atoms in total. The van der Waals surface area contributed by atoms with Gasteiger partial charge in [0.25, 0.3) is 0 Å². The Morgan fingerprint density at radius 3 is 2.59 bits per heavy atom. The summed E-state index contributed by atoms with van der Waals surface area (Å²) < 4.78 is 27.4. The molecule has 0 heterocycles. The van der Waals surface area contributed by atoms with Gasteiger partial charge in [0.1, 0.15) is 0 Å². The second-order valence-electron chi connectivity index (χ2n) is 3.84. The lowest BCUT2D eigenvalue weighted by Crippen LogP contribution is -2.21. The Balaban J connectivity index is 2.98. The van der Waals surface area contributed by atoms with Crippen molar-refractivity contribution in [1.29, 1.82) is 0 Å². The molecule has 0 saturated carbocycles. The molecular formula is C10H17N3O3S. The van der Waals surface area contributed by atoms with E-state index < -0.39 is 10.0 Å². The van der Waals surface area contributed by atoms with E-state index in [1.165, 1.54) is 12.1 Å². The predicted octanol–water partition coefficient (Wildman–Crippen LogP) is 0.363. The average Bonchev–Trinajstić information content (AvgIpc) is 2.15. The van der Waals surface area contributed by atoms with Crippen LogP contribution in [0.4, 0.5) is 11.4 Å². The molecule has 0 fully saturated rings. The van der Waals surface area contributed by atoms with E-state index >= 15 is 0 Å². The summed E-state index contributed by atoms with van der Waals surface area (Å²) in [5, 5.41) is 8.12. The summed E-state index contributed by atoms with van der Waals surface area (Å²) in [6.45, 7) is 2.41. The molecule has 1 atom stereocenters. The summed E-state index contributed by atoms with van der Waals surface area (Å²) in [6, 6.07) is 4.44. The minimum atomic E-state index is -3.75. The highest BCUT2D eigenvalue weighted by atomic mass is 32.2. The van der Waals surface area contributed by atoms with Gasteiger partial charge >= 0.3 is 0 Å². The van der Waals surface area contributed by atoms with Crippen molar-refractivity contribution in [3.05, 3.63) is 18.2 Å². The van der Waals surface area contributed by atoms with Crippen LogP contribution >= 0.6 is 0 Å². The van der Waals surface area contributed by atoms with Gasteiger partial charge in [0.05, 0.1) is 11.5 Å². The van der Waals surface area contributed by atoms with Gasteiger partial charge in [0.15, 0.2) is 0 Å². The van der Waals surface area contributed by atoms with Gasteiger partial charge in [0.2, 0.25) is 10.0 Å². The zero-order chi connectivity index (χ0) is 13.1. The third-order valence-electron chi connectivity index (χ3n) is 2.09. The molecule has 5 N–H and O–H groups in total. The molecule has 1 aromatic carbocycles. The van der Waals surface area contributed by atoms with Gasteiger partial charge in [0, 0.05) is 24.5 Å². The number of hydrogen-bond acceptors (Lipinski definition) is 5. The quantitative estimate of drug-likeness (QED) is 0.662. The number of nitrogen functional groups attached to an aromatic ring is 1. The lowest BCUT2D eigenvalue weighted by Gasteiger charge is -2.15. The van der Waals surface area contributed by atoms with Crippen molar-refractivity contribution in [2.24, 2.45) is 5.14 Å². The lowest BCUT2D eigenvalue weighted by molar-refractivity contribution is 0.190. The maximum atomic E-state index is 11.2. The summed E-state index contributed by atoms with van der Waals surface area (Å²) in [5.41, 5.74) is 6.55. The fourth-order valence-electron chi connectivity index (χ4n) is 1.45. The van der Waals surface area contributed by atoms with Crippen LogP contribution in [0.2, 0.25) is 0 Å². The second kappa shape index (κ2) is 5.35. The molecule has 0 radical (unpaired) electrons. The van der Waals surface area contributed by atoms with Gasteiger partial charge in [-0.1, -0.05) is 0 Å². The number of methoxy groups -OCH3 is 1. The van der Waals surface area contributed by atoms with Crippen molar-refractivity contribution >= 4 is 21.4 Å². The van der Waals surface area contributed by atoms with Gasteiger partial charge in [-0.15, -0.1) is 0 Å². The maximum absolute atomic E-state index is 11.2. The highest BCUT2D eigenvalue weighted by molar-refractivity contribution is 7.89. The summed E-state index contributed by atoms with van der Waals surface area (Å²) in [7, 11) is -2.16. The van der Waals surface area contributed by atoms with Crippen LogP contribution in [0.25, 0.3) is 0 Å². The number of nitrogens with one attached hydrogen (secondary N) is 1. The van der Waals surface area contributed by atoms with Gasteiger partial charge in [-0.2, -0.15) is 0 Å². The van der Waals surface area contributed by atoms with Gasteiger partial charge < -0.3 is 15.8 Å². The minimum Gasteiger partial charge on any atom is -0.399 e. The van der Waals surface area contributed by atoms with Crippen LogP contribution in [0.5, 0.6) is 0 Å². The first-order valence-corrected chi connectivity index (χ1v) is 6.56. The Morgan fingerprint density at radius 1 is 1.41 bits per heavy atom. The highest BCUT2D eigenvalue weighted by Crippen LogP contribution is 2.20. The van der Waals surface area contributed by atoms with Crippen molar-refractivity contribution in [2.75, 3.05) is 24.8 Å². The first-order chi connectivity index (χ1) is 7.82. The normalized spacial score (nSPS) is 13.4. The van der Waals surface area contributed by atoms with Gasteiger partial charge in [-0.3, -0.25) is 0 Å². The van der Waals surface area contributed by atoms with E-state index in [4.69, 9.17) is 15.6 Å². The molecule has 17 heavy (non-hydrogen) atoms. The van der Waals surface area contributed by atoms with E-state index in [-0.39, 0.29) is 10.9 Å². The number of benzene rings is 1. The molecule has 0 aliphatic heterocycles. The second-order valence-corrected chi connectivity index (χ2v) is 5.40. The zero-order valence-corrected chi connectivity index (χ0v) is 10.6. The first kappa shape index (κ1) is 13.8. The Bertz CT molecular complexity index is 488. The molecule has 1 unspecified atom stereocenters. The summed E-state index contributed by atoms with van der Waals surface area (Å²) in [6.07, 6.45) is 0. The monoisotopic (exact) mass is 259 g/mol. The molecule has 0 aliphatic carbocycles. The van der Waals surface area contributed by atoms with Crippen LogP contribution in [0.15, 0.2) is 23.1 Å². The van der Waals surface area contributed by atoms with Crippen LogP contribution in [0.3, 0.4) is 0 Å². The smallest absolute Gasteiger partial charge is 0.238 e. The van der Waals surface area contributed by atoms with Crippen molar-refractivity contribution in [3.8, 4) is 0 Å². The highest BCUT2D eigenvalue weighted by Gasteiger charge is 2.11.